The number of phenols is 1. The van der Waals surface area contributed by atoms with Crippen LogP contribution in [-0.2, 0) is 14.3 Å². The highest BCUT2D eigenvalue weighted by atomic mass is 16.6. The van der Waals surface area contributed by atoms with Crippen molar-refractivity contribution in [1.29, 1.82) is 0 Å². The number of allylic oxidation sites excluding steroid dienone is 1. The van der Waals surface area contributed by atoms with Gasteiger partial charge in [0.25, 0.3) is 11.6 Å². The Morgan fingerprint density at radius 1 is 1.21 bits per heavy atom. The van der Waals surface area contributed by atoms with Gasteiger partial charge in [-0.25, -0.2) is 4.79 Å². The minimum absolute atomic E-state index is 0.0207. The van der Waals surface area contributed by atoms with E-state index in [1.165, 1.54) is 54.5 Å². The fraction of sp³-hybridized carbons (Fsp3) is 0.100. The topological polar surface area (TPSA) is 110 Å². The summed E-state index contributed by atoms with van der Waals surface area (Å²) in [6.45, 7) is 1.59. The lowest BCUT2D eigenvalue weighted by Gasteiger charge is -2.17. The first-order chi connectivity index (χ1) is 13.3. The number of rotatable bonds is 4. The average molecular weight is 380 g/mol. The summed E-state index contributed by atoms with van der Waals surface area (Å²) >= 11 is 0. The molecule has 0 saturated carbocycles. The molecule has 0 atom stereocenters. The maximum atomic E-state index is 13.1. The van der Waals surface area contributed by atoms with Gasteiger partial charge in [-0.1, -0.05) is 12.1 Å². The third-order valence-electron chi connectivity index (χ3n) is 4.29. The van der Waals surface area contributed by atoms with Gasteiger partial charge in [0.15, 0.2) is 0 Å². The quantitative estimate of drug-likeness (QED) is 0.378. The summed E-state index contributed by atoms with van der Waals surface area (Å²) in [5, 5.41) is 20.5. The Balaban J connectivity index is 2.11. The summed E-state index contributed by atoms with van der Waals surface area (Å²) in [6, 6.07) is 11.7. The van der Waals surface area contributed by atoms with E-state index in [4.69, 9.17) is 4.74 Å². The van der Waals surface area contributed by atoms with E-state index in [9.17, 15) is 24.8 Å². The zero-order chi connectivity index (χ0) is 20.4. The summed E-state index contributed by atoms with van der Waals surface area (Å²) in [5.74, 6) is -1.14. The number of nitro groups is 1. The van der Waals surface area contributed by atoms with Gasteiger partial charge in [0.1, 0.15) is 5.75 Å². The van der Waals surface area contributed by atoms with Crippen LogP contribution in [0.15, 0.2) is 65.4 Å². The number of carbonyl (C=O) groups excluding carboxylic acids is 2. The van der Waals surface area contributed by atoms with Gasteiger partial charge in [-0.3, -0.25) is 19.8 Å². The summed E-state index contributed by atoms with van der Waals surface area (Å²) in [4.78, 5) is 37.0. The number of ether oxygens (including phenoxy) is 1. The summed E-state index contributed by atoms with van der Waals surface area (Å²) in [6.07, 6.45) is 1.49. The molecule has 3 rings (SSSR count). The number of anilines is 1. The van der Waals surface area contributed by atoms with Gasteiger partial charge in [-0.15, -0.1) is 0 Å². The Bertz CT molecular complexity index is 1040. The zero-order valence-corrected chi connectivity index (χ0v) is 15.1. The Morgan fingerprint density at radius 2 is 1.89 bits per heavy atom. The first-order valence-electron chi connectivity index (χ1n) is 8.22. The van der Waals surface area contributed by atoms with E-state index in [1.807, 2.05) is 0 Å². The number of nitro benzene ring substituents is 1. The molecule has 1 aliphatic heterocycles. The SMILES string of the molecule is COC(=O)C1=C(C)N(c2ccc([N+](=O)[O-])cc2)C(=O)C1=Cc1cccc(O)c1. The molecule has 2 aromatic carbocycles. The molecule has 8 nitrogen and oxygen atoms in total. The van der Waals surface area contributed by atoms with Gasteiger partial charge in [0, 0.05) is 23.5 Å². The van der Waals surface area contributed by atoms with Crippen LogP contribution in [0.4, 0.5) is 11.4 Å². The fourth-order valence-electron chi connectivity index (χ4n) is 3.00. The first kappa shape index (κ1) is 18.8. The van der Waals surface area contributed by atoms with Crippen LogP contribution in [0, 0.1) is 10.1 Å². The molecule has 1 heterocycles. The average Bonchev–Trinajstić information content (AvgIpc) is 2.91. The minimum atomic E-state index is -0.679. The van der Waals surface area contributed by atoms with Crippen molar-refractivity contribution in [2.45, 2.75) is 6.92 Å². The molecule has 1 N–H and O–H groups in total. The van der Waals surface area contributed by atoms with Crippen molar-refractivity contribution >= 4 is 29.3 Å². The maximum Gasteiger partial charge on any atom is 0.340 e. The standard InChI is InChI=1S/C20H16N2O6/c1-12-18(20(25)28-2)17(11-13-4-3-5-16(23)10-13)19(24)21(12)14-6-8-15(9-7-14)22(26)27/h3-11,23H,1-2H3. The lowest BCUT2D eigenvalue weighted by atomic mass is 10.0. The molecule has 28 heavy (non-hydrogen) atoms. The van der Waals surface area contributed by atoms with Gasteiger partial charge in [-0.2, -0.15) is 0 Å². The number of hydrogen-bond donors (Lipinski definition) is 1. The number of nitrogens with zero attached hydrogens (tertiary/aromatic N) is 2. The van der Waals surface area contributed by atoms with E-state index in [0.717, 1.165) is 0 Å². The van der Waals surface area contributed by atoms with E-state index in [-0.39, 0.29) is 22.6 Å². The molecule has 0 spiro atoms. The summed E-state index contributed by atoms with van der Waals surface area (Å²) in [7, 11) is 1.22. The van der Waals surface area contributed by atoms with Crippen molar-refractivity contribution in [3.05, 3.63) is 81.1 Å². The second-order valence-corrected chi connectivity index (χ2v) is 6.02. The Labute approximate surface area is 160 Å². The summed E-state index contributed by atoms with van der Waals surface area (Å²) in [5.41, 5.74) is 1.34. The third-order valence-corrected chi connectivity index (χ3v) is 4.29. The van der Waals surface area contributed by atoms with Crippen molar-refractivity contribution in [3.63, 3.8) is 0 Å². The number of carbonyl (C=O) groups is 2. The molecule has 0 radical (unpaired) electrons. The molecule has 0 unspecified atom stereocenters. The highest BCUT2D eigenvalue weighted by molar-refractivity contribution is 6.23. The molecule has 1 aliphatic rings. The zero-order valence-electron chi connectivity index (χ0n) is 15.1. The molecule has 142 valence electrons. The van der Waals surface area contributed by atoms with Crippen LogP contribution < -0.4 is 4.90 Å². The predicted octanol–water partition coefficient (Wildman–Crippen LogP) is 3.18. The Morgan fingerprint density at radius 3 is 2.46 bits per heavy atom. The van der Waals surface area contributed by atoms with Crippen LogP contribution in [0.2, 0.25) is 0 Å². The second-order valence-electron chi connectivity index (χ2n) is 6.02. The number of non-ortho nitro benzene ring substituents is 1. The lowest BCUT2D eigenvalue weighted by Crippen LogP contribution is -2.24. The van der Waals surface area contributed by atoms with Crippen molar-refractivity contribution in [2.24, 2.45) is 0 Å². The van der Waals surface area contributed by atoms with Gasteiger partial charge in [0.05, 0.1) is 23.2 Å². The molecule has 0 aliphatic carbocycles. The van der Waals surface area contributed by atoms with Gasteiger partial charge >= 0.3 is 5.97 Å². The van der Waals surface area contributed by atoms with E-state index >= 15 is 0 Å². The molecule has 2 aromatic rings. The predicted molar refractivity (Wildman–Crippen MR) is 101 cm³/mol. The number of benzene rings is 2. The van der Waals surface area contributed by atoms with Crippen molar-refractivity contribution in [3.8, 4) is 5.75 Å². The monoisotopic (exact) mass is 380 g/mol. The first-order valence-corrected chi connectivity index (χ1v) is 8.22. The van der Waals surface area contributed by atoms with E-state index < -0.39 is 16.8 Å². The number of aromatic hydroxyl groups is 1. The molecular weight excluding hydrogens is 364 g/mol. The smallest absolute Gasteiger partial charge is 0.340 e. The van der Waals surface area contributed by atoms with Gasteiger partial charge < -0.3 is 9.84 Å². The van der Waals surface area contributed by atoms with Crippen LogP contribution in [0.3, 0.4) is 0 Å². The molecule has 0 saturated heterocycles. The van der Waals surface area contributed by atoms with Gasteiger partial charge in [0.2, 0.25) is 0 Å². The highest BCUT2D eigenvalue weighted by Crippen LogP contribution is 2.36. The number of hydrogen-bond acceptors (Lipinski definition) is 6. The number of methoxy groups -OCH3 is 1. The summed E-state index contributed by atoms with van der Waals surface area (Å²) < 4.78 is 4.82. The van der Waals surface area contributed by atoms with E-state index in [0.29, 0.717) is 16.9 Å². The van der Waals surface area contributed by atoms with Crippen molar-refractivity contribution < 1.29 is 24.4 Å². The number of amides is 1. The van der Waals surface area contributed by atoms with E-state index in [1.54, 1.807) is 19.1 Å². The maximum absolute atomic E-state index is 13.1. The Kier molecular flexibility index (Phi) is 4.95. The molecular formula is C20H16N2O6. The Hall–Kier alpha value is -3.94. The second kappa shape index (κ2) is 7.36. The van der Waals surface area contributed by atoms with Crippen LogP contribution in [0.1, 0.15) is 12.5 Å². The van der Waals surface area contributed by atoms with Crippen LogP contribution in [0.25, 0.3) is 6.08 Å². The van der Waals surface area contributed by atoms with Crippen molar-refractivity contribution in [1.82, 2.24) is 0 Å². The van der Waals surface area contributed by atoms with E-state index in [2.05, 4.69) is 0 Å². The number of phenolic OH excluding ortho intramolecular Hbond substituents is 1. The molecule has 1 amide bonds. The third kappa shape index (κ3) is 3.35. The van der Waals surface area contributed by atoms with Crippen molar-refractivity contribution in [2.75, 3.05) is 12.0 Å². The minimum Gasteiger partial charge on any atom is -0.508 e. The van der Waals surface area contributed by atoms with Crippen LogP contribution in [0.5, 0.6) is 5.75 Å². The van der Waals surface area contributed by atoms with Crippen LogP contribution in [-0.4, -0.2) is 29.0 Å². The molecule has 8 heteroatoms. The highest BCUT2D eigenvalue weighted by Gasteiger charge is 2.38. The fourth-order valence-corrected chi connectivity index (χ4v) is 3.00. The number of esters is 1. The molecule has 0 bridgehead atoms. The largest absolute Gasteiger partial charge is 0.508 e. The lowest BCUT2D eigenvalue weighted by molar-refractivity contribution is -0.384. The molecule has 0 fully saturated rings. The van der Waals surface area contributed by atoms with Gasteiger partial charge in [-0.05, 0) is 42.8 Å². The molecule has 0 aromatic heterocycles. The normalized spacial score (nSPS) is 15.3. The van der Waals surface area contributed by atoms with Crippen LogP contribution >= 0.6 is 0 Å².